The van der Waals surface area contributed by atoms with Crippen molar-refractivity contribution in [1.82, 2.24) is 5.32 Å². The maximum absolute atomic E-state index is 13.1. The van der Waals surface area contributed by atoms with Crippen molar-refractivity contribution in [3.63, 3.8) is 0 Å². The molecule has 0 radical (unpaired) electrons. The van der Waals surface area contributed by atoms with Crippen LogP contribution in [0.3, 0.4) is 0 Å². The van der Waals surface area contributed by atoms with Crippen molar-refractivity contribution >= 4 is 11.9 Å². The highest BCUT2D eigenvalue weighted by atomic mass is 19.4. The summed E-state index contributed by atoms with van der Waals surface area (Å²) in [5.41, 5.74) is -1.16. The van der Waals surface area contributed by atoms with E-state index in [4.69, 9.17) is 5.11 Å². The lowest BCUT2D eigenvalue weighted by Crippen LogP contribution is -2.52. The van der Waals surface area contributed by atoms with E-state index in [0.29, 0.717) is 32.1 Å². The van der Waals surface area contributed by atoms with E-state index in [1.165, 1.54) is 0 Å². The number of carbonyl (C=O) groups is 2. The Morgan fingerprint density at radius 1 is 1.19 bits per heavy atom. The van der Waals surface area contributed by atoms with E-state index in [1.807, 2.05) is 0 Å². The number of carboxylic acid groups (broad SMARTS) is 1. The molecule has 2 N–H and O–H groups in total. The molecule has 1 unspecified atom stereocenters. The number of hydrogen-bond donors (Lipinski definition) is 2. The summed E-state index contributed by atoms with van der Waals surface area (Å²) in [5, 5.41) is 11.2. The zero-order chi connectivity index (χ0) is 15.7. The Balaban J connectivity index is 1.99. The Morgan fingerprint density at radius 3 is 2.14 bits per heavy atom. The molecule has 120 valence electrons. The molecule has 0 heterocycles. The number of halogens is 3. The third-order valence-electron chi connectivity index (χ3n) is 4.80. The molecule has 2 aliphatic rings. The van der Waals surface area contributed by atoms with Crippen molar-refractivity contribution in [1.29, 1.82) is 0 Å². The van der Waals surface area contributed by atoms with Crippen LogP contribution in [0.5, 0.6) is 0 Å². The van der Waals surface area contributed by atoms with Crippen molar-refractivity contribution < 1.29 is 27.9 Å². The van der Waals surface area contributed by atoms with E-state index >= 15 is 0 Å². The zero-order valence-corrected chi connectivity index (χ0v) is 11.7. The highest BCUT2D eigenvalue weighted by Crippen LogP contribution is 2.44. The predicted molar refractivity (Wildman–Crippen MR) is 68.5 cm³/mol. The molecule has 0 bridgehead atoms. The molecule has 0 spiro atoms. The smallest absolute Gasteiger partial charge is 0.408 e. The Hall–Kier alpha value is -1.27. The standard InChI is InChI=1S/C14H20F3NO3/c15-14(16,17)11(9-4-1-2-5-9)18-10(19)8-13(12(20)21)6-3-7-13/h9,11H,1-8H2,(H,18,19)(H,20,21). The molecule has 0 aromatic heterocycles. The lowest BCUT2D eigenvalue weighted by atomic mass is 9.66. The van der Waals surface area contributed by atoms with Gasteiger partial charge < -0.3 is 10.4 Å². The Labute approximate surface area is 121 Å². The third kappa shape index (κ3) is 3.49. The van der Waals surface area contributed by atoms with Crippen molar-refractivity contribution in [2.75, 3.05) is 0 Å². The molecule has 21 heavy (non-hydrogen) atoms. The minimum atomic E-state index is -4.49. The van der Waals surface area contributed by atoms with E-state index in [2.05, 4.69) is 5.32 Å². The summed E-state index contributed by atoms with van der Waals surface area (Å²) >= 11 is 0. The SMILES string of the molecule is O=C(CC1(C(=O)O)CCC1)NC(C1CCCC1)C(F)(F)F. The molecule has 2 fully saturated rings. The lowest BCUT2D eigenvalue weighted by molar-refractivity contribution is -0.174. The van der Waals surface area contributed by atoms with E-state index in [9.17, 15) is 22.8 Å². The van der Waals surface area contributed by atoms with Crippen LogP contribution < -0.4 is 5.32 Å². The van der Waals surface area contributed by atoms with Crippen molar-refractivity contribution in [2.24, 2.45) is 11.3 Å². The van der Waals surface area contributed by atoms with Crippen LogP contribution in [-0.4, -0.2) is 29.2 Å². The van der Waals surface area contributed by atoms with Gasteiger partial charge >= 0.3 is 12.1 Å². The van der Waals surface area contributed by atoms with Crippen LogP contribution in [0.25, 0.3) is 0 Å². The van der Waals surface area contributed by atoms with Gasteiger partial charge in [0, 0.05) is 6.42 Å². The van der Waals surface area contributed by atoms with Crippen LogP contribution in [0.4, 0.5) is 13.2 Å². The number of amides is 1. The minimum Gasteiger partial charge on any atom is -0.481 e. The van der Waals surface area contributed by atoms with Gasteiger partial charge in [-0.3, -0.25) is 9.59 Å². The van der Waals surface area contributed by atoms with E-state index in [-0.39, 0.29) is 6.42 Å². The predicted octanol–water partition coefficient (Wildman–Crippen LogP) is 2.87. The summed E-state index contributed by atoms with van der Waals surface area (Å²) in [4.78, 5) is 23.1. The van der Waals surface area contributed by atoms with Crippen LogP contribution in [0, 0.1) is 11.3 Å². The average Bonchev–Trinajstić information content (AvgIpc) is 2.82. The maximum Gasteiger partial charge on any atom is 0.408 e. The van der Waals surface area contributed by atoms with Gasteiger partial charge in [-0.2, -0.15) is 13.2 Å². The molecule has 1 amide bonds. The normalized spacial score (nSPS) is 23.4. The molecule has 2 rings (SSSR count). The Bertz CT molecular complexity index is 412. The van der Waals surface area contributed by atoms with Crippen LogP contribution >= 0.6 is 0 Å². The first-order valence-electron chi connectivity index (χ1n) is 7.34. The highest BCUT2D eigenvalue weighted by molar-refractivity contribution is 5.85. The molecule has 0 saturated heterocycles. The van der Waals surface area contributed by atoms with Gasteiger partial charge in [-0.1, -0.05) is 19.3 Å². The van der Waals surface area contributed by atoms with Crippen LogP contribution in [0.15, 0.2) is 0 Å². The second-order valence-corrected chi connectivity index (χ2v) is 6.25. The molecule has 4 nitrogen and oxygen atoms in total. The van der Waals surface area contributed by atoms with Gasteiger partial charge in [0.1, 0.15) is 6.04 Å². The average molecular weight is 307 g/mol. The van der Waals surface area contributed by atoms with Gasteiger partial charge in [-0.05, 0) is 31.6 Å². The first-order valence-corrected chi connectivity index (χ1v) is 7.34. The molecular weight excluding hydrogens is 287 g/mol. The summed E-state index contributed by atoms with van der Waals surface area (Å²) in [6, 6.07) is -1.85. The first kappa shape index (κ1) is 16.1. The number of rotatable bonds is 5. The lowest BCUT2D eigenvalue weighted by Gasteiger charge is -2.37. The molecule has 2 aliphatic carbocycles. The van der Waals surface area contributed by atoms with Gasteiger partial charge in [0.25, 0.3) is 0 Å². The largest absolute Gasteiger partial charge is 0.481 e. The third-order valence-corrected chi connectivity index (χ3v) is 4.80. The van der Waals surface area contributed by atoms with Crippen molar-refractivity contribution in [2.45, 2.75) is 63.6 Å². The van der Waals surface area contributed by atoms with Crippen LogP contribution in [-0.2, 0) is 9.59 Å². The fourth-order valence-electron chi connectivity index (χ4n) is 3.36. The zero-order valence-electron chi connectivity index (χ0n) is 11.7. The van der Waals surface area contributed by atoms with Gasteiger partial charge in [0.15, 0.2) is 0 Å². The molecular formula is C14H20F3NO3. The summed E-state index contributed by atoms with van der Waals surface area (Å²) in [6.07, 6.45) is -1.04. The van der Waals surface area contributed by atoms with E-state index < -0.39 is 35.4 Å². The maximum atomic E-state index is 13.1. The quantitative estimate of drug-likeness (QED) is 0.821. The number of aliphatic carboxylic acids is 1. The van der Waals surface area contributed by atoms with E-state index in [0.717, 1.165) is 12.8 Å². The molecule has 1 atom stereocenters. The summed E-state index contributed by atoms with van der Waals surface area (Å²) in [6.45, 7) is 0. The highest BCUT2D eigenvalue weighted by Gasteiger charge is 2.49. The molecule has 2 saturated carbocycles. The summed E-state index contributed by atoms with van der Waals surface area (Å²) in [7, 11) is 0. The van der Waals surface area contributed by atoms with Crippen LogP contribution in [0.1, 0.15) is 51.4 Å². The molecule has 0 aromatic carbocycles. The second kappa shape index (κ2) is 5.85. The summed E-state index contributed by atoms with van der Waals surface area (Å²) < 4.78 is 39.3. The van der Waals surface area contributed by atoms with E-state index in [1.54, 1.807) is 0 Å². The fourth-order valence-corrected chi connectivity index (χ4v) is 3.36. The molecule has 0 aliphatic heterocycles. The number of nitrogens with one attached hydrogen (secondary N) is 1. The number of carboxylic acids is 1. The minimum absolute atomic E-state index is 0.357. The van der Waals surface area contributed by atoms with Crippen molar-refractivity contribution in [3.05, 3.63) is 0 Å². The first-order chi connectivity index (χ1) is 9.74. The van der Waals surface area contributed by atoms with Gasteiger partial charge in [0.2, 0.25) is 5.91 Å². The van der Waals surface area contributed by atoms with Gasteiger partial charge in [-0.15, -0.1) is 0 Å². The monoisotopic (exact) mass is 307 g/mol. The number of carbonyl (C=O) groups excluding carboxylic acids is 1. The van der Waals surface area contributed by atoms with Crippen molar-refractivity contribution in [3.8, 4) is 0 Å². The Morgan fingerprint density at radius 2 is 1.76 bits per heavy atom. The molecule has 7 heteroatoms. The number of alkyl halides is 3. The van der Waals surface area contributed by atoms with Gasteiger partial charge in [-0.25, -0.2) is 0 Å². The second-order valence-electron chi connectivity index (χ2n) is 6.25. The number of hydrogen-bond acceptors (Lipinski definition) is 2. The van der Waals surface area contributed by atoms with Gasteiger partial charge in [0.05, 0.1) is 5.41 Å². The molecule has 0 aromatic rings. The summed E-state index contributed by atoms with van der Waals surface area (Å²) in [5.74, 6) is -2.48. The topological polar surface area (TPSA) is 66.4 Å². The Kier molecular flexibility index (Phi) is 4.49. The van der Waals surface area contributed by atoms with Crippen LogP contribution in [0.2, 0.25) is 0 Å². The fraction of sp³-hybridized carbons (Fsp3) is 0.857.